The molecular formula is C13H10ClFN2O3. The van der Waals surface area contributed by atoms with Crippen molar-refractivity contribution in [3.8, 4) is 5.75 Å². The zero-order valence-corrected chi connectivity index (χ0v) is 10.9. The molecule has 0 bridgehead atoms. The summed E-state index contributed by atoms with van der Waals surface area (Å²) in [5.41, 5.74) is 6.00. The molecule has 0 aromatic heterocycles. The van der Waals surface area contributed by atoms with Gasteiger partial charge in [0.15, 0.2) is 11.6 Å². The highest BCUT2D eigenvalue weighted by molar-refractivity contribution is 6.30. The number of nitro groups is 1. The van der Waals surface area contributed by atoms with Crippen molar-refractivity contribution in [1.82, 2.24) is 0 Å². The van der Waals surface area contributed by atoms with Crippen LogP contribution < -0.4 is 10.5 Å². The van der Waals surface area contributed by atoms with Crippen molar-refractivity contribution in [3.05, 3.63) is 62.9 Å². The Kier molecular flexibility index (Phi) is 4.05. The van der Waals surface area contributed by atoms with Crippen LogP contribution in [0.5, 0.6) is 5.75 Å². The van der Waals surface area contributed by atoms with Gasteiger partial charge in [-0.1, -0.05) is 17.7 Å². The highest BCUT2D eigenvalue weighted by Crippen LogP contribution is 2.26. The molecule has 0 aliphatic rings. The summed E-state index contributed by atoms with van der Waals surface area (Å²) < 4.78 is 18.9. The number of halogens is 2. The minimum Gasteiger partial charge on any atom is -0.486 e. The van der Waals surface area contributed by atoms with Gasteiger partial charge in [0.25, 0.3) is 5.69 Å². The van der Waals surface area contributed by atoms with Gasteiger partial charge in [0.2, 0.25) is 0 Å². The lowest BCUT2D eigenvalue weighted by atomic mass is 10.2. The van der Waals surface area contributed by atoms with Crippen molar-refractivity contribution in [3.63, 3.8) is 0 Å². The third kappa shape index (κ3) is 2.97. The van der Waals surface area contributed by atoms with Crippen LogP contribution in [0.25, 0.3) is 0 Å². The van der Waals surface area contributed by atoms with E-state index in [2.05, 4.69) is 0 Å². The van der Waals surface area contributed by atoms with Crippen molar-refractivity contribution in [2.24, 2.45) is 0 Å². The molecule has 0 unspecified atom stereocenters. The standard InChI is InChI=1S/C13H10ClFN2O3/c14-9-2-1-3-12(13(9)15)20-7-8-4-5-11(17(18)19)10(16)6-8/h1-6H,7,16H2. The third-order valence-corrected chi connectivity index (χ3v) is 2.89. The normalized spacial score (nSPS) is 10.3. The quantitative estimate of drug-likeness (QED) is 0.531. The molecule has 2 aromatic carbocycles. The number of nitrogens with zero attached hydrogens (tertiary/aromatic N) is 1. The van der Waals surface area contributed by atoms with Crippen LogP contribution in [0.4, 0.5) is 15.8 Å². The largest absolute Gasteiger partial charge is 0.486 e. The van der Waals surface area contributed by atoms with Crippen LogP contribution in [0.3, 0.4) is 0 Å². The van der Waals surface area contributed by atoms with E-state index < -0.39 is 10.7 Å². The van der Waals surface area contributed by atoms with Gasteiger partial charge in [-0.25, -0.2) is 4.39 Å². The molecule has 2 aromatic rings. The molecule has 0 aliphatic heterocycles. The lowest BCUT2D eigenvalue weighted by Crippen LogP contribution is -2.01. The maximum Gasteiger partial charge on any atom is 0.292 e. The summed E-state index contributed by atoms with van der Waals surface area (Å²) in [4.78, 5) is 10.1. The van der Waals surface area contributed by atoms with Gasteiger partial charge in [0.05, 0.1) is 9.95 Å². The number of ether oxygens (including phenoxy) is 1. The summed E-state index contributed by atoms with van der Waals surface area (Å²) in [5.74, 6) is -0.640. The monoisotopic (exact) mass is 296 g/mol. The third-order valence-electron chi connectivity index (χ3n) is 2.60. The number of hydrogen-bond donors (Lipinski definition) is 1. The Morgan fingerprint density at radius 1 is 1.35 bits per heavy atom. The Hall–Kier alpha value is -2.34. The second-order valence-corrected chi connectivity index (χ2v) is 4.40. The summed E-state index contributed by atoms with van der Waals surface area (Å²) in [5, 5.41) is 10.6. The van der Waals surface area contributed by atoms with Crippen LogP contribution in [0, 0.1) is 15.9 Å². The molecule has 0 amide bonds. The fraction of sp³-hybridized carbons (Fsp3) is 0.0769. The summed E-state index contributed by atoms with van der Waals surface area (Å²) in [7, 11) is 0. The first-order valence-corrected chi connectivity index (χ1v) is 5.96. The van der Waals surface area contributed by atoms with Crippen molar-refractivity contribution in [2.45, 2.75) is 6.61 Å². The van der Waals surface area contributed by atoms with Gasteiger partial charge in [-0.3, -0.25) is 10.1 Å². The average molecular weight is 297 g/mol. The summed E-state index contributed by atoms with van der Waals surface area (Å²) in [6.45, 7) is 0.0272. The number of nitrogen functional groups attached to an aromatic ring is 1. The summed E-state index contributed by atoms with van der Waals surface area (Å²) >= 11 is 5.63. The van der Waals surface area contributed by atoms with Crippen LogP contribution >= 0.6 is 11.6 Å². The molecule has 0 atom stereocenters. The van der Waals surface area contributed by atoms with Crippen molar-refractivity contribution < 1.29 is 14.1 Å². The molecule has 0 saturated heterocycles. The lowest BCUT2D eigenvalue weighted by molar-refractivity contribution is -0.383. The van der Waals surface area contributed by atoms with E-state index >= 15 is 0 Å². The van der Waals surface area contributed by atoms with E-state index in [4.69, 9.17) is 22.1 Å². The molecule has 0 spiro atoms. The maximum absolute atomic E-state index is 13.6. The fourth-order valence-electron chi connectivity index (χ4n) is 1.62. The van der Waals surface area contributed by atoms with Gasteiger partial charge < -0.3 is 10.5 Å². The predicted molar refractivity (Wildman–Crippen MR) is 73.3 cm³/mol. The number of benzene rings is 2. The number of nitrogens with two attached hydrogens (primary N) is 1. The van der Waals surface area contributed by atoms with Gasteiger partial charge in [-0.05, 0) is 29.8 Å². The number of anilines is 1. The Morgan fingerprint density at radius 3 is 2.75 bits per heavy atom. The SMILES string of the molecule is Nc1cc(COc2cccc(Cl)c2F)ccc1[N+](=O)[O-]. The average Bonchev–Trinajstić information content (AvgIpc) is 2.40. The highest BCUT2D eigenvalue weighted by atomic mass is 35.5. The molecular weight excluding hydrogens is 287 g/mol. The predicted octanol–water partition coefficient (Wildman–Crippen LogP) is 3.55. The van der Waals surface area contributed by atoms with E-state index in [9.17, 15) is 14.5 Å². The Morgan fingerprint density at radius 2 is 2.10 bits per heavy atom. The molecule has 0 radical (unpaired) electrons. The van der Waals surface area contributed by atoms with Crippen molar-refractivity contribution in [1.29, 1.82) is 0 Å². The van der Waals surface area contributed by atoms with Crippen LogP contribution in [0.1, 0.15) is 5.56 Å². The van der Waals surface area contributed by atoms with E-state index in [1.54, 1.807) is 6.07 Å². The smallest absolute Gasteiger partial charge is 0.292 e. The molecule has 7 heteroatoms. The van der Waals surface area contributed by atoms with E-state index in [-0.39, 0.29) is 28.8 Å². The maximum atomic E-state index is 13.6. The summed E-state index contributed by atoms with van der Waals surface area (Å²) in [6.07, 6.45) is 0. The molecule has 20 heavy (non-hydrogen) atoms. The lowest BCUT2D eigenvalue weighted by Gasteiger charge is -2.08. The Balaban J connectivity index is 2.13. The van der Waals surface area contributed by atoms with E-state index in [0.29, 0.717) is 5.56 Å². The van der Waals surface area contributed by atoms with Gasteiger partial charge in [-0.15, -0.1) is 0 Å². The number of rotatable bonds is 4. The second-order valence-electron chi connectivity index (χ2n) is 3.99. The first-order chi connectivity index (χ1) is 9.49. The molecule has 5 nitrogen and oxygen atoms in total. The van der Waals surface area contributed by atoms with Crippen molar-refractivity contribution >= 4 is 23.0 Å². The van der Waals surface area contributed by atoms with Crippen LogP contribution in [0.15, 0.2) is 36.4 Å². The fourth-order valence-corrected chi connectivity index (χ4v) is 1.78. The first kappa shape index (κ1) is 14.1. The topological polar surface area (TPSA) is 78.4 Å². The minimum atomic E-state index is -0.649. The van der Waals surface area contributed by atoms with Gasteiger partial charge in [-0.2, -0.15) is 0 Å². The van der Waals surface area contributed by atoms with Gasteiger partial charge >= 0.3 is 0 Å². The van der Waals surface area contributed by atoms with E-state index in [0.717, 1.165) is 0 Å². The highest BCUT2D eigenvalue weighted by Gasteiger charge is 2.12. The van der Waals surface area contributed by atoms with Gasteiger partial charge in [0, 0.05) is 6.07 Å². The molecule has 2 rings (SSSR count). The second kappa shape index (κ2) is 5.75. The molecule has 2 N–H and O–H groups in total. The van der Waals surface area contributed by atoms with Crippen LogP contribution in [0.2, 0.25) is 5.02 Å². The summed E-state index contributed by atoms with van der Waals surface area (Å²) in [6, 6.07) is 8.61. The first-order valence-electron chi connectivity index (χ1n) is 5.58. The van der Waals surface area contributed by atoms with Crippen molar-refractivity contribution in [2.75, 3.05) is 5.73 Å². The van der Waals surface area contributed by atoms with Crippen LogP contribution in [-0.4, -0.2) is 4.92 Å². The molecule has 0 aliphatic carbocycles. The van der Waals surface area contributed by atoms with E-state index in [1.165, 1.54) is 30.3 Å². The van der Waals surface area contributed by atoms with Gasteiger partial charge in [0.1, 0.15) is 12.3 Å². The number of hydrogen-bond acceptors (Lipinski definition) is 4. The zero-order valence-electron chi connectivity index (χ0n) is 10.2. The molecule has 0 saturated carbocycles. The Labute approximate surface area is 118 Å². The number of nitro benzene ring substituents is 1. The zero-order chi connectivity index (χ0) is 14.7. The molecule has 0 fully saturated rings. The molecule has 104 valence electrons. The molecule has 0 heterocycles. The Bertz CT molecular complexity index is 664. The van der Waals surface area contributed by atoms with E-state index in [1.807, 2.05) is 0 Å². The minimum absolute atomic E-state index is 0.00873. The van der Waals surface area contributed by atoms with Crippen LogP contribution in [-0.2, 0) is 6.61 Å².